The second-order valence-corrected chi connectivity index (χ2v) is 15.5. The molecule has 41 heavy (non-hydrogen) atoms. The molecule has 0 saturated carbocycles. The Morgan fingerprint density at radius 3 is 2.10 bits per heavy atom. The van der Waals surface area contributed by atoms with Gasteiger partial charge in [0, 0.05) is 12.8 Å². The zero-order valence-corrected chi connectivity index (χ0v) is 25.8. The first kappa shape index (κ1) is 32.4. The molecule has 0 bridgehead atoms. The van der Waals surface area contributed by atoms with Crippen molar-refractivity contribution in [1.82, 2.24) is 0 Å². The number of carbonyl (C=O) groups excluding carboxylic acids is 1. The van der Waals surface area contributed by atoms with Gasteiger partial charge in [-0.3, -0.25) is 0 Å². The highest BCUT2D eigenvalue weighted by Crippen LogP contribution is 2.37. The van der Waals surface area contributed by atoms with Crippen LogP contribution in [0, 0.1) is 0 Å². The van der Waals surface area contributed by atoms with Crippen molar-refractivity contribution in [3.05, 3.63) is 107 Å². The molecule has 3 N–H and O–H groups in total. The molecule has 3 rings (SSSR count). The zero-order chi connectivity index (χ0) is 30.0. The van der Waals surface area contributed by atoms with Crippen LogP contribution in [0.4, 0.5) is 0 Å². The van der Waals surface area contributed by atoms with Gasteiger partial charge < -0.3 is 24.5 Å². The number of hydrogen-bond acceptors (Lipinski definition) is 6. The van der Waals surface area contributed by atoms with Gasteiger partial charge in [0.15, 0.2) is 6.10 Å². The van der Waals surface area contributed by atoms with Gasteiger partial charge in [-0.25, -0.2) is 4.79 Å². The van der Waals surface area contributed by atoms with Crippen molar-refractivity contribution in [1.29, 1.82) is 0 Å². The average Bonchev–Trinajstić information content (AvgIpc) is 2.93. The number of phenolic OH excluding ortho intramolecular Hbond substituents is 1. The van der Waals surface area contributed by atoms with Crippen LogP contribution in [0.5, 0.6) is 5.75 Å². The second kappa shape index (κ2) is 14.6. The number of ether oxygens (including phenoxy) is 1. The lowest BCUT2D eigenvalue weighted by atomic mass is 10.1. The Hall–Kier alpha value is -3.16. The molecule has 0 unspecified atom stereocenters. The monoisotopic (exact) mass is 594 g/mol. The first-order valence-corrected chi connectivity index (χ1v) is 16.0. The number of aliphatic hydroxyl groups excluding tert-OH is 2. The molecule has 0 saturated heterocycles. The Kier molecular flexibility index (Phi) is 11.6. The van der Waals surface area contributed by atoms with Crippen molar-refractivity contribution in [2.75, 3.05) is 13.2 Å². The maximum atomic E-state index is 12.3. The standard InChI is InChI=1S/C33H39ClO6Si/c1-5-39-32(38)31(37)21-24(13-12-18-30(36)28-20-19-25(35)22-29(28)34)23-40-41(33(2,3)4,26-14-8-6-9-15-26)27-16-10-7-11-17-27/h6-12,14-17,19-20,22,30-31,35-37H,5,18,21,23H2,1-4H3/t13?,30-,31-/m1/s1. The van der Waals surface area contributed by atoms with Crippen LogP contribution in [-0.2, 0) is 14.0 Å². The summed E-state index contributed by atoms with van der Waals surface area (Å²) in [7, 11) is -2.90. The van der Waals surface area contributed by atoms with Crippen LogP contribution in [0.1, 0.15) is 52.2 Å². The molecule has 0 heterocycles. The fourth-order valence-electron chi connectivity index (χ4n) is 4.90. The molecule has 218 valence electrons. The maximum Gasteiger partial charge on any atom is 0.335 e. The van der Waals surface area contributed by atoms with E-state index in [9.17, 15) is 20.1 Å². The second-order valence-electron chi connectivity index (χ2n) is 10.8. The summed E-state index contributed by atoms with van der Waals surface area (Å²) in [5, 5.41) is 33.1. The minimum absolute atomic E-state index is 0.0112. The number of carbonyl (C=O) groups is 1. The van der Waals surface area contributed by atoms with Crippen molar-refractivity contribution < 1.29 is 29.3 Å². The topological polar surface area (TPSA) is 96.2 Å². The Morgan fingerprint density at radius 2 is 1.59 bits per heavy atom. The fraction of sp³-hybridized carbons (Fsp3) is 0.333. The van der Waals surface area contributed by atoms with Crippen molar-refractivity contribution >= 4 is 36.3 Å². The zero-order valence-electron chi connectivity index (χ0n) is 24.0. The number of phenols is 1. The van der Waals surface area contributed by atoms with Gasteiger partial charge in [0.1, 0.15) is 5.75 Å². The molecule has 0 aliphatic carbocycles. The molecule has 0 amide bonds. The first-order valence-electron chi connectivity index (χ1n) is 13.7. The number of esters is 1. The predicted molar refractivity (Wildman–Crippen MR) is 165 cm³/mol. The highest BCUT2D eigenvalue weighted by Gasteiger charge is 2.50. The molecule has 0 aromatic heterocycles. The summed E-state index contributed by atoms with van der Waals surface area (Å²) in [6.07, 6.45) is -0.545. The Morgan fingerprint density at radius 1 is 1.00 bits per heavy atom. The molecule has 0 fully saturated rings. The van der Waals surface area contributed by atoms with E-state index in [2.05, 4.69) is 50.8 Å². The highest BCUT2D eigenvalue weighted by atomic mass is 35.5. The van der Waals surface area contributed by atoms with Crippen LogP contribution in [0.15, 0.2) is 96.2 Å². The van der Waals surface area contributed by atoms with Gasteiger partial charge in [0.05, 0.1) is 24.3 Å². The summed E-state index contributed by atoms with van der Waals surface area (Å²) in [6, 6.07) is 24.8. The van der Waals surface area contributed by atoms with Gasteiger partial charge in [-0.1, -0.05) is 99.1 Å². The van der Waals surface area contributed by atoms with E-state index in [-0.39, 0.29) is 41.9 Å². The normalized spacial score (nSPS) is 13.1. The van der Waals surface area contributed by atoms with Crippen LogP contribution >= 0.6 is 11.6 Å². The molecule has 6 nitrogen and oxygen atoms in total. The van der Waals surface area contributed by atoms with Crippen molar-refractivity contribution in [3.63, 3.8) is 0 Å². The smallest absolute Gasteiger partial charge is 0.335 e. The molecule has 0 radical (unpaired) electrons. The number of aliphatic hydroxyl groups is 2. The highest BCUT2D eigenvalue weighted by molar-refractivity contribution is 6.99. The van der Waals surface area contributed by atoms with Crippen LogP contribution < -0.4 is 10.4 Å². The van der Waals surface area contributed by atoms with E-state index in [1.54, 1.807) is 19.1 Å². The van der Waals surface area contributed by atoms with Gasteiger partial charge >= 0.3 is 5.97 Å². The lowest BCUT2D eigenvalue weighted by Crippen LogP contribution is -2.66. The third kappa shape index (κ3) is 8.20. The summed E-state index contributed by atoms with van der Waals surface area (Å²) in [5.41, 5.74) is 4.20. The van der Waals surface area contributed by atoms with Gasteiger partial charge in [0.2, 0.25) is 0 Å². The molecule has 3 aromatic rings. The molecule has 3 aromatic carbocycles. The SMILES string of the molecule is CCOC(=O)[C@H](O)CC(=C=CC[C@@H](O)c1ccc(O)cc1Cl)CO[Si](c1ccccc1)(c1ccccc1)C(C)(C)C. The van der Waals surface area contributed by atoms with E-state index >= 15 is 0 Å². The average molecular weight is 595 g/mol. The third-order valence-electron chi connectivity index (χ3n) is 6.87. The van der Waals surface area contributed by atoms with E-state index in [4.69, 9.17) is 20.8 Å². The summed E-state index contributed by atoms with van der Waals surface area (Å²) >= 11 is 6.20. The Balaban J connectivity index is 2.00. The molecule has 8 heteroatoms. The largest absolute Gasteiger partial charge is 0.508 e. The van der Waals surface area contributed by atoms with Crippen LogP contribution in [0.25, 0.3) is 0 Å². The summed E-state index contributed by atoms with van der Waals surface area (Å²) in [5.74, 6) is -0.703. The van der Waals surface area contributed by atoms with Gasteiger partial charge in [0.25, 0.3) is 8.32 Å². The summed E-state index contributed by atoms with van der Waals surface area (Å²) in [4.78, 5) is 12.3. The van der Waals surface area contributed by atoms with E-state index in [0.29, 0.717) is 11.1 Å². The molecule has 0 aliphatic rings. The van der Waals surface area contributed by atoms with E-state index < -0.39 is 26.5 Å². The van der Waals surface area contributed by atoms with Gasteiger partial charge in [-0.15, -0.1) is 5.73 Å². The Bertz CT molecular complexity index is 1310. The van der Waals surface area contributed by atoms with Crippen LogP contribution in [0.3, 0.4) is 0 Å². The summed E-state index contributed by atoms with van der Waals surface area (Å²) in [6.45, 7) is 8.46. The quantitative estimate of drug-likeness (QED) is 0.147. The number of halogens is 1. The number of hydrogen-bond donors (Lipinski definition) is 3. The lowest BCUT2D eigenvalue weighted by molar-refractivity contribution is -0.152. The van der Waals surface area contributed by atoms with Crippen molar-refractivity contribution in [2.45, 2.75) is 57.8 Å². The third-order valence-corrected chi connectivity index (χ3v) is 12.2. The molecule has 0 spiro atoms. The number of rotatable bonds is 12. The molecular weight excluding hydrogens is 556 g/mol. The van der Waals surface area contributed by atoms with Crippen LogP contribution in [-0.4, -0.2) is 48.9 Å². The summed E-state index contributed by atoms with van der Waals surface area (Å²) < 4.78 is 12.0. The number of benzene rings is 3. The lowest BCUT2D eigenvalue weighted by Gasteiger charge is -2.43. The van der Waals surface area contributed by atoms with Crippen molar-refractivity contribution in [2.24, 2.45) is 0 Å². The minimum atomic E-state index is -2.90. The molecule has 2 atom stereocenters. The van der Waals surface area contributed by atoms with Crippen molar-refractivity contribution in [3.8, 4) is 5.75 Å². The van der Waals surface area contributed by atoms with Gasteiger partial charge in [-0.05, 0) is 51.7 Å². The maximum absolute atomic E-state index is 12.3. The van der Waals surface area contributed by atoms with E-state index in [1.807, 2.05) is 36.4 Å². The minimum Gasteiger partial charge on any atom is -0.508 e. The molecular formula is C33H39ClO6Si. The fourth-order valence-corrected chi connectivity index (χ4v) is 9.75. The van der Waals surface area contributed by atoms with E-state index in [1.165, 1.54) is 12.1 Å². The number of aromatic hydroxyl groups is 1. The Labute approximate surface area is 248 Å². The van der Waals surface area contributed by atoms with E-state index in [0.717, 1.165) is 10.4 Å². The first-order chi connectivity index (χ1) is 19.5. The van der Waals surface area contributed by atoms with Gasteiger partial charge in [-0.2, -0.15) is 0 Å². The predicted octanol–water partition coefficient (Wildman–Crippen LogP) is 5.44. The molecule has 0 aliphatic heterocycles. The van der Waals surface area contributed by atoms with Crippen LogP contribution in [0.2, 0.25) is 10.1 Å².